The molecule has 0 unspecified atom stereocenters. The maximum absolute atomic E-state index is 13.0. The molecule has 0 fully saturated rings. The zero-order valence-electron chi connectivity index (χ0n) is 14.0. The first-order valence-electron chi connectivity index (χ1n) is 8.14. The van der Waals surface area contributed by atoms with E-state index in [9.17, 15) is 4.79 Å². The Morgan fingerprint density at radius 1 is 1.00 bits per heavy atom. The first-order chi connectivity index (χ1) is 13.2. The quantitative estimate of drug-likeness (QED) is 0.502. The number of hydrogen-bond acceptors (Lipinski definition) is 7. The highest BCUT2D eigenvalue weighted by Crippen LogP contribution is 2.16. The van der Waals surface area contributed by atoms with Crippen molar-refractivity contribution in [2.75, 3.05) is 5.73 Å². The van der Waals surface area contributed by atoms with E-state index >= 15 is 0 Å². The molecule has 4 heterocycles. The van der Waals surface area contributed by atoms with Crippen LogP contribution in [0.2, 0.25) is 0 Å². The maximum Gasteiger partial charge on any atom is 0.301 e. The molecule has 0 aliphatic rings. The monoisotopic (exact) mass is 359 g/mol. The van der Waals surface area contributed by atoms with E-state index < -0.39 is 0 Å². The molecule has 0 aliphatic heterocycles. The Balaban J connectivity index is 1.74. The van der Waals surface area contributed by atoms with E-state index in [1.807, 2.05) is 30.3 Å². The number of nitrogens with zero attached hydrogens (tertiary/aromatic N) is 8. The first kappa shape index (κ1) is 15.2. The molecule has 1 aromatic carbocycles. The van der Waals surface area contributed by atoms with Gasteiger partial charge in [-0.15, -0.1) is 0 Å². The summed E-state index contributed by atoms with van der Waals surface area (Å²) < 4.78 is 4.79. The second-order valence-electron chi connectivity index (χ2n) is 5.89. The van der Waals surface area contributed by atoms with Gasteiger partial charge in [0.25, 0.3) is 0 Å². The maximum atomic E-state index is 13.0. The number of para-hydroxylation sites is 1. The third-order valence-electron chi connectivity index (χ3n) is 4.25. The number of fused-ring (bicyclic) bond motifs is 2. The van der Waals surface area contributed by atoms with Crippen molar-refractivity contribution < 1.29 is 0 Å². The standard InChI is InChI=1S/C17H13N9O/c18-14-13-15(21-9-20-14)24(10-22-13)8-12-23-25-7-6-19-16(25)17(27)26(12)11-4-2-1-3-5-11/h1-7,9-10H,8H2,(H2,18,20,21). The second kappa shape index (κ2) is 5.73. The van der Waals surface area contributed by atoms with E-state index in [4.69, 9.17) is 5.73 Å². The molecule has 2 N–H and O–H groups in total. The largest absolute Gasteiger partial charge is 0.382 e. The SMILES string of the molecule is Nc1ncnc2c1ncn2Cc1nn2ccnc2c(=O)n1-c1ccccc1. The van der Waals surface area contributed by atoms with Crippen molar-refractivity contribution >= 4 is 22.6 Å². The third-order valence-corrected chi connectivity index (χ3v) is 4.25. The van der Waals surface area contributed by atoms with Crippen LogP contribution in [0.1, 0.15) is 5.82 Å². The minimum atomic E-state index is -0.255. The molecule has 5 rings (SSSR count). The van der Waals surface area contributed by atoms with Crippen LogP contribution in [0.15, 0.2) is 60.2 Å². The molecule has 132 valence electrons. The van der Waals surface area contributed by atoms with Crippen molar-refractivity contribution in [3.63, 3.8) is 0 Å². The van der Waals surface area contributed by atoms with Gasteiger partial charge in [-0.3, -0.25) is 9.36 Å². The van der Waals surface area contributed by atoms with Gasteiger partial charge in [0, 0.05) is 12.4 Å². The van der Waals surface area contributed by atoms with E-state index in [1.165, 1.54) is 10.8 Å². The van der Waals surface area contributed by atoms with Crippen LogP contribution in [0.25, 0.3) is 22.5 Å². The summed E-state index contributed by atoms with van der Waals surface area (Å²) in [5.74, 6) is 0.811. The van der Waals surface area contributed by atoms with Crippen LogP contribution in [0.3, 0.4) is 0 Å². The van der Waals surface area contributed by atoms with Crippen LogP contribution in [0, 0.1) is 0 Å². The summed E-state index contributed by atoms with van der Waals surface area (Å²) in [6.45, 7) is 0.269. The molecule has 27 heavy (non-hydrogen) atoms. The number of benzene rings is 1. The molecule has 0 bridgehead atoms. The zero-order chi connectivity index (χ0) is 18.4. The molecule has 10 nitrogen and oxygen atoms in total. The molecule has 0 amide bonds. The molecule has 10 heteroatoms. The lowest BCUT2D eigenvalue weighted by Gasteiger charge is -2.13. The summed E-state index contributed by atoms with van der Waals surface area (Å²) in [5.41, 5.74) is 7.64. The average molecular weight is 359 g/mol. The van der Waals surface area contributed by atoms with Gasteiger partial charge in [0.05, 0.1) is 18.6 Å². The summed E-state index contributed by atoms with van der Waals surface area (Å²) in [4.78, 5) is 29.6. The summed E-state index contributed by atoms with van der Waals surface area (Å²) in [5, 5.41) is 4.57. The van der Waals surface area contributed by atoms with E-state index in [-0.39, 0.29) is 17.8 Å². The van der Waals surface area contributed by atoms with Crippen LogP contribution in [0.5, 0.6) is 0 Å². The number of rotatable bonds is 3. The number of anilines is 1. The minimum Gasteiger partial charge on any atom is -0.382 e. The molecule has 0 radical (unpaired) electrons. The molecular formula is C17H13N9O. The van der Waals surface area contributed by atoms with Gasteiger partial charge in [-0.2, -0.15) is 5.10 Å². The smallest absolute Gasteiger partial charge is 0.301 e. The molecule has 0 atom stereocenters. The van der Waals surface area contributed by atoms with Gasteiger partial charge in [0.1, 0.15) is 11.8 Å². The summed E-state index contributed by atoms with van der Waals surface area (Å²) in [7, 11) is 0. The Labute approximate surface area is 151 Å². The van der Waals surface area contributed by atoms with Crippen LogP contribution in [-0.4, -0.2) is 38.7 Å². The average Bonchev–Trinajstić information content (AvgIpc) is 3.31. The molecule has 0 aliphatic carbocycles. The van der Waals surface area contributed by atoms with Gasteiger partial charge < -0.3 is 10.3 Å². The lowest BCUT2D eigenvalue weighted by molar-refractivity contribution is 0.668. The van der Waals surface area contributed by atoms with Crippen LogP contribution in [-0.2, 0) is 6.54 Å². The van der Waals surface area contributed by atoms with Gasteiger partial charge >= 0.3 is 5.56 Å². The second-order valence-corrected chi connectivity index (χ2v) is 5.89. The Hall–Kier alpha value is -4.08. The van der Waals surface area contributed by atoms with Crippen molar-refractivity contribution in [2.24, 2.45) is 0 Å². The number of nitrogens with two attached hydrogens (primary N) is 1. The summed E-state index contributed by atoms with van der Waals surface area (Å²) >= 11 is 0. The van der Waals surface area contributed by atoms with Gasteiger partial charge in [-0.05, 0) is 12.1 Å². The summed E-state index contributed by atoms with van der Waals surface area (Å²) in [6, 6.07) is 9.30. The van der Waals surface area contributed by atoms with E-state index in [0.29, 0.717) is 28.5 Å². The van der Waals surface area contributed by atoms with Crippen molar-refractivity contribution in [3.8, 4) is 5.69 Å². The topological polar surface area (TPSA) is 122 Å². The highest BCUT2D eigenvalue weighted by molar-refractivity contribution is 5.81. The summed E-state index contributed by atoms with van der Waals surface area (Å²) in [6.07, 6.45) is 6.17. The van der Waals surface area contributed by atoms with Crippen molar-refractivity contribution in [1.82, 2.24) is 38.7 Å². The Morgan fingerprint density at radius 2 is 1.85 bits per heavy atom. The minimum absolute atomic E-state index is 0.254. The predicted octanol–water partition coefficient (Wildman–Crippen LogP) is 0.650. The number of imidazole rings is 2. The normalized spacial score (nSPS) is 11.4. The van der Waals surface area contributed by atoms with Crippen LogP contribution in [0.4, 0.5) is 5.82 Å². The third kappa shape index (κ3) is 2.34. The van der Waals surface area contributed by atoms with Gasteiger partial charge in [0.2, 0.25) is 5.65 Å². The van der Waals surface area contributed by atoms with Crippen molar-refractivity contribution in [2.45, 2.75) is 6.54 Å². The Bertz CT molecular complexity index is 1330. The van der Waals surface area contributed by atoms with Crippen LogP contribution >= 0.6 is 0 Å². The Morgan fingerprint density at radius 3 is 2.70 bits per heavy atom. The fourth-order valence-corrected chi connectivity index (χ4v) is 3.03. The molecular weight excluding hydrogens is 346 g/mol. The zero-order valence-corrected chi connectivity index (χ0v) is 14.0. The van der Waals surface area contributed by atoms with Crippen molar-refractivity contribution in [3.05, 3.63) is 71.6 Å². The fraction of sp³-hybridized carbons (Fsp3) is 0.0588. The van der Waals surface area contributed by atoms with E-state index in [0.717, 1.165) is 0 Å². The molecule has 4 aromatic heterocycles. The van der Waals surface area contributed by atoms with Crippen molar-refractivity contribution in [1.29, 1.82) is 0 Å². The molecule has 0 saturated carbocycles. The van der Waals surface area contributed by atoms with E-state index in [2.05, 4.69) is 25.0 Å². The van der Waals surface area contributed by atoms with Gasteiger partial charge in [0.15, 0.2) is 17.3 Å². The first-order valence-corrected chi connectivity index (χ1v) is 8.14. The van der Waals surface area contributed by atoms with Gasteiger partial charge in [-0.1, -0.05) is 18.2 Å². The van der Waals surface area contributed by atoms with Crippen LogP contribution < -0.4 is 11.3 Å². The molecule has 0 saturated heterocycles. The number of aromatic nitrogens is 8. The predicted molar refractivity (Wildman–Crippen MR) is 97.4 cm³/mol. The molecule has 5 aromatic rings. The van der Waals surface area contributed by atoms with E-state index in [1.54, 1.807) is 27.9 Å². The fourth-order valence-electron chi connectivity index (χ4n) is 3.03. The Kier molecular flexibility index (Phi) is 3.22. The highest BCUT2D eigenvalue weighted by Gasteiger charge is 2.16. The lowest BCUT2D eigenvalue weighted by Crippen LogP contribution is -2.27. The highest BCUT2D eigenvalue weighted by atomic mass is 16.1. The lowest BCUT2D eigenvalue weighted by atomic mass is 10.3. The van der Waals surface area contributed by atoms with Gasteiger partial charge in [-0.25, -0.2) is 24.5 Å². The number of hydrogen-bond donors (Lipinski definition) is 1. The molecule has 0 spiro atoms. The number of nitrogen functional groups attached to an aromatic ring is 1.